The molecule has 1 N–H and O–H groups in total. The van der Waals surface area contributed by atoms with E-state index in [0.717, 1.165) is 22.6 Å². The number of hydrogen-bond acceptors (Lipinski definition) is 4. The van der Waals surface area contributed by atoms with Crippen LogP contribution in [0.15, 0.2) is 55.0 Å². The topological polar surface area (TPSA) is 67.8 Å². The van der Waals surface area contributed by atoms with E-state index in [1.165, 1.54) is 12.1 Å². The van der Waals surface area contributed by atoms with Gasteiger partial charge in [0.15, 0.2) is 0 Å². The summed E-state index contributed by atoms with van der Waals surface area (Å²) in [5, 5.41) is 2.93. The van der Waals surface area contributed by atoms with Crippen LogP contribution in [-0.4, -0.2) is 26.9 Å². The number of hydrogen-bond donors (Lipinski definition) is 1. The summed E-state index contributed by atoms with van der Waals surface area (Å²) in [6.07, 6.45) is 6.10. The lowest BCUT2D eigenvalue weighted by Crippen LogP contribution is -2.30. The number of carbonyl (C=O) groups excluding carboxylic acids is 1. The summed E-state index contributed by atoms with van der Waals surface area (Å²) in [6, 6.07) is 10.2. The van der Waals surface area contributed by atoms with Gasteiger partial charge in [-0.05, 0) is 56.0 Å². The molecule has 0 aliphatic heterocycles. The van der Waals surface area contributed by atoms with Crippen LogP contribution >= 0.6 is 0 Å². The maximum absolute atomic E-state index is 13.2. The predicted molar refractivity (Wildman–Crippen MR) is 110 cm³/mol. The Balaban J connectivity index is 1.88. The first kappa shape index (κ1) is 20.6. The molecule has 0 aliphatic carbocycles. The summed E-state index contributed by atoms with van der Waals surface area (Å²) in [5.74, 6) is -0.243. The number of halogens is 1. The molecule has 3 aromatic rings. The Labute approximate surface area is 170 Å². The van der Waals surface area contributed by atoms with Gasteiger partial charge in [-0.2, -0.15) is 0 Å². The molecule has 29 heavy (non-hydrogen) atoms. The van der Waals surface area contributed by atoms with E-state index in [2.05, 4.69) is 22.2 Å². The first-order valence-electron chi connectivity index (χ1n) is 9.71. The zero-order valence-corrected chi connectivity index (χ0v) is 16.9. The van der Waals surface area contributed by atoms with Crippen molar-refractivity contribution in [1.82, 2.24) is 20.3 Å². The highest BCUT2D eigenvalue weighted by Gasteiger charge is 2.14. The van der Waals surface area contributed by atoms with Gasteiger partial charge in [-0.3, -0.25) is 19.7 Å². The largest absolute Gasteiger partial charge is 0.350 e. The van der Waals surface area contributed by atoms with Gasteiger partial charge in [0.25, 0.3) is 5.91 Å². The van der Waals surface area contributed by atoms with Gasteiger partial charge < -0.3 is 5.32 Å². The monoisotopic (exact) mass is 392 g/mol. The van der Waals surface area contributed by atoms with Gasteiger partial charge in [0.05, 0.1) is 5.69 Å². The molecule has 2 heterocycles. The van der Waals surface area contributed by atoms with Crippen LogP contribution in [0.4, 0.5) is 4.39 Å². The summed E-state index contributed by atoms with van der Waals surface area (Å²) in [4.78, 5) is 25.7. The maximum atomic E-state index is 13.2. The zero-order chi connectivity index (χ0) is 20.8. The molecule has 1 aromatic carbocycles. The smallest absolute Gasteiger partial charge is 0.251 e. The highest BCUT2D eigenvalue weighted by molar-refractivity contribution is 5.94. The van der Waals surface area contributed by atoms with Crippen LogP contribution in [0.2, 0.25) is 0 Å². The average molecular weight is 392 g/mol. The molecular weight excluding hydrogens is 367 g/mol. The highest BCUT2D eigenvalue weighted by atomic mass is 19.1. The number of rotatable bonds is 7. The van der Waals surface area contributed by atoms with E-state index in [1.54, 1.807) is 36.8 Å². The molecule has 0 saturated heterocycles. The summed E-state index contributed by atoms with van der Waals surface area (Å²) in [6.45, 7) is 5.92. The van der Waals surface area contributed by atoms with Crippen molar-refractivity contribution in [1.29, 1.82) is 0 Å². The molecule has 5 nitrogen and oxygen atoms in total. The fourth-order valence-electron chi connectivity index (χ4n) is 3.15. The quantitative estimate of drug-likeness (QED) is 0.658. The van der Waals surface area contributed by atoms with Crippen molar-refractivity contribution < 1.29 is 9.18 Å². The molecule has 6 heteroatoms. The number of benzene rings is 1. The van der Waals surface area contributed by atoms with Gasteiger partial charge in [0, 0.05) is 48.0 Å². The number of aromatic nitrogens is 3. The second kappa shape index (κ2) is 9.37. The Morgan fingerprint density at radius 1 is 1.03 bits per heavy atom. The number of nitrogens with one attached hydrogen (secondary N) is 1. The molecule has 1 atom stereocenters. The minimum atomic E-state index is -0.252. The Morgan fingerprint density at radius 2 is 1.76 bits per heavy atom. The SMILES string of the molecule is CC(C)NC(=O)c1cc(Cc2cnccn2)nc(C[C@@H](C)c2ccc(F)cc2)c1. The summed E-state index contributed by atoms with van der Waals surface area (Å²) in [7, 11) is 0. The van der Waals surface area contributed by atoms with E-state index in [4.69, 9.17) is 4.98 Å². The molecular formula is C23H25FN4O. The van der Waals surface area contributed by atoms with Gasteiger partial charge in [0.2, 0.25) is 0 Å². The van der Waals surface area contributed by atoms with Gasteiger partial charge in [-0.15, -0.1) is 0 Å². The Kier molecular flexibility index (Phi) is 6.65. The van der Waals surface area contributed by atoms with Crippen molar-refractivity contribution in [3.8, 4) is 0 Å². The van der Waals surface area contributed by atoms with Crippen molar-refractivity contribution >= 4 is 5.91 Å². The maximum Gasteiger partial charge on any atom is 0.251 e. The van der Waals surface area contributed by atoms with Gasteiger partial charge in [-0.25, -0.2) is 4.39 Å². The van der Waals surface area contributed by atoms with E-state index < -0.39 is 0 Å². The summed E-state index contributed by atoms with van der Waals surface area (Å²) >= 11 is 0. The van der Waals surface area contributed by atoms with E-state index in [1.807, 2.05) is 19.9 Å². The van der Waals surface area contributed by atoms with Crippen LogP contribution in [-0.2, 0) is 12.8 Å². The molecule has 0 saturated carbocycles. The molecule has 0 fully saturated rings. The minimum Gasteiger partial charge on any atom is -0.350 e. The third kappa shape index (κ3) is 5.91. The standard InChI is InChI=1S/C23H25FN4O/c1-15(2)27-23(29)18-11-20(10-16(3)17-4-6-19(24)7-5-17)28-21(12-18)13-22-14-25-8-9-26-22/h4-9,11-12,14-16H,10,13H2,1-3H3,(H,27,29)/t16-/m1/s1. The van der Waals surface area contributed by atoms with Gasteiger partial charge in [-0.1, -0.05) is 19.1 Å². The molecule has 0 bridgehead atoms. The second-order valence-corrected chi connectivity index (χ2v) is 7.50. The lowest BCUT2D eigenvalue weighted by Gasteiger charge is -2.15. The number of amides is 1. The number of nitrogens with zero attached hydrogens (tertiary/aromatic N) is 3. The summed E-state index contributed by atoms with van der Waals surface area (Å²) in [5.41, 5.74) is 3.98. The lowest BCUT2D eigenvalue weighted by atomic mass is 9.95. The van der Waals surface area contributed by atoms with Crippen molar-refractivity contribution in [2.45, 2.75) is 45.6 Å². The first-order chi connectivity index (χ1) is 13.9. The molecule has 0 aliphatic rings. The fraction of sp³-hybridized carbons (Fsp3) is 0.304. The Morgan fingerprint density at radius 3 is 2.41 bits per heavy atom. The fourth-order valence-corrected chi connectivity index (χ4v) is 3.15. The van der Waals surface area contributed by atoms with E-state index in [-0.39, 0.29) is 23.7 Å². The average Bonchev–Trinajstić information content (AvgIpc) is 2.68. The van der Waals surface area contributed by atoms with Crippen LogP contribution < -0.4 is 5.32 Å². The van der Waals surface area contributed by atoms with Crippen molar-refractivity contribution in [3.05, 3.63) is 89.0 Å². The third-order valence-corrected chi connectivity index (χ3v) is 4.55. The minimum absolute atomic E-state index is 0.0423. The third-order valence-electron chi connectivity index (χ3n) is 4.55. The predicted octanol–water partition coefficient (Wildman–Crippen LogP) is 4.09. The van der Waals surface area contributed by atoms with Crippen molar-refractivity contribution in [2.24, 2.45) is 0 Å². The second-order valence-electron chi connectivity index (χ2n) is 7.50. The normalized spacial score (nSPS) is 12.0. The Bertz CT molecular complexity index is 958. The summed E-state index contributed by atoms with van der Waals surface area (Å²) < 4.78 is 13.2. The Hall–Kier alpha value is -3.15. The number of pyridine rings is 1. The molecule has 150 valence electrons. The first-order valence-corrected chi connectivity index (χ1v) is 9.71. The van der Waals surface area contributed by atoms with Crippen LogP contribution in [0.3, 0.4) is 0 Å². The van der Waals surface area contributed by atoms with Crippen LogP contribution in [0.1, 0.15) is 59.7 Å². The van der Waals surface area contributed by atoms with Crippen LogP contribution in [0.25, 0.3) is 0 Å². The molecule has 2 aromatic heterocycles. The highest BCUT2D eigenvalue weighted by Crippen LogP contribution is 2.21. The van der Waals surface area contributed by atoms with Crippen LogP contribution in [0, 0.1) is 5.82 Å². The van der Waals surface area contributed by atoms with E-state index in [9.17, 15) is 9.18 Å². The molecule has 0 radical (unpaired) electrons. The van der Waals surface area contributed by atoms with Crippen molar-refractivity contribution in [3.63, 3.8) is 0 Å². The van der Waals surface area contributed by atoms with Gasteiger partial charge >= 0.3 is 0 Å². The molecule has 0 unspecified atom stereocenters. The lowest BCUT2D eigenvalue weighted by molar-refractivity contribution is 0.0942. The van der Waals surface area contributed by atoms with Gasteiger partial charge in [0.1, 0.15) is 5.82 Å². The number of carbonyl (C=O) groups is 1. The van der Waals surface area contributed by atoms with E-state index >= 15 is 0 Å². The molecule has 0 spiro atoms. The zero-order valence-electron chi connectivity index (χ0n) is 16.9. The van der Waals surface area contributed by atoms with Crippen molar-refractivity contribution in [2.75, 3.05) is 0 Å². The van der Waals surface area contributed by atoms with E-state index in [0.29, 0.717) is 18.4 Å². The molecule has 3 rings (SSSR count). The van der Waals surface area contributed by atoms with Crippen LogP contribution in [0.5, 0.6) is 0 Å². The molecule has 1 amide bonds.